The maximum absolute atomic E-state index is 12.1. The van der Waals surface area contributed by atoms with E-state index in [0.717, 1.165) is 50.9 Å². The molecular formula is C37H58N3O7S+. The number of allylic oxidation sites excluding steroid dienone is 8. The van der Waals surface area contributed by atoms with Crippen LogP contribution in [0.5, 0.6) is 0 Å². The van der Waals surface area contributed by atoms with E-state index in [0.29, 0.717) is 44.6 Å². The van der Waals surface area contributed by atoms with Crippen LogP contribution in [0.2, 0.25) is 0 Å². The Labute approximate surface area is 287 Å². The number of carboxylic acids is 1. The highest BCUT2D eigenvalue weighted by atomic mass is 32.2. The molecule has 6 unspecified atom stereocenters. The van der Waals surface area contributed by atoms with Gasteiger partial charge >= 0.3 is 5.97 Å². The quantitative estimate of drug-likeness (QED) is 0.0465. The van der Waals surface area contributed by atoms with Crippen molar-refractivity contribution in [3.8, 4) is 0 Å². The van der Waals surface area contributed by atoms with Gasteiger partial charge in [0.05, 0.1) is 10.7 Å². The molecule has 1 saturated heterocycles. The van der Waals surface area contributed by atoms with E-state index in [1.807, 2.05) is 24.3 Å². The van der Waals surface area contributed by atoms with E-state index >= 15 is 0 Å². The number of unbranched alkanes of at least 4 members (excludes halogenated alkanes) is 3. The van der Waals surface area contributed by atoms with Crippen molar-refractivity contribution in [2.45, 2.75) is 135 Å². The first-order chi connectivity index (χ1) is 22.6. The molecule has 11 heteroatoms. The summed E-state index contributed by atoms with van der Waals surface area (Å²) in [5.74, 6) is -0.431. The topological polar surface area (TPSA) is 141 Å². The Morgan fingerprint density at radius 1 is 0.958 bits per heavy atom. The van der Waals surface area contributed by atoms with Crippen molar-refractivity contribution in [3.63, 3.8) is 0 Å². The molecule has 2 saturated carbocycles. The second-order valence-electron chi connectivity index (χ2n) is 15.5. The Bertz CT molecular complexity index is 1440. The van der Waals surface area contributed by atoms with E-state index < -0.39 is 27.4 Å². The predicted octanol–water partition coefficient (Wildman–Crippen LogP) is 7.06. The molecule has 2 heterocycles. The Morgan fingerprint density at radius 2 is 1.67 bits per heavy atom. The van der Waals surface area contributed by atoms with Crippen LogP contribution in [0, 0.1) is 32.8 Å². The summed E-state index contributed by atoms with van der Waals surface area (Å²) in [5.41, 5.74) is 1.98. The van der Waals surface area contributed by atoms with Crippen LogP contribution in [-0.2, 0) is 14.9 Å². The lowest BCUT2D eigenvalue weighted by Crippen LogP contribution is -2.42. The normalized spacial score (nSPS) is 31.0. The molecule has 0 amide bonds. The molecule has 0 aromatic heterocycles. The molecule has 2 aliphatic carbocycles. The van der Waals surface area contributed by atoms with Crippen LogP contribution in [0.1, 0.15) is 112 Å². The fourth-order valence-electron chi connectivity index (χ4n) is 9.23. The lowest BCUT2D eigenvalue weighted by atomic mass is 9.69. The summed E-state index contributed by atoms with van der Waals surface area (Å²) in [6.07, 6.45) is 22.8. The van der Waals surface area contributed by atoms with Crippen molar-refractivity contribution in [3.05, 3.63) is 58.3 Å². The second kappa shape index (κ2) is 15.8. The zero-order chi connectivity index (χ0) is 35.3. The van der Waals surface area contributed by atoms with Gasteiger partial charge in [-0.2, -0.15) is 8.42 Å². The Morgan fingerprint density at radius 3 is 2.33 bits per heavy atom. The number of rotatable bonds is 15. The number of carbonyl (C=O) groups is 1. The number of fused-ring (bicyclic) bond motifs is 2. The van der Waals surface area contributed by atoms with E-state index in [9.17, 15) is 27.9 Å². The lowest BCUT2D eigenvalue weighted by Gasteiger charge is -2.35. The molecule has 268 valence electrons. The number of carboxylic acid groups (broad SMARTS) is 1. The minimum atomic E-state index is -4.10. The molecule has 10 nitrogen and oxygen atoms in total. The highest BCUT2D eigenvalue weighted by molar-refractivity contribution is 7.86. The summed E-state index contributed by atoms with van der Waals surface area (Å²) < 4.78 is 36.4. The third-order valence-corrected chi connectivity index (χ3v) is 13.1. The molecule has 4 rings (SSSR count). The largest absolute Gasteiger partial charge is 0.481 e. The maximum Gasteiger partial charge on any atom is 0.303 e. The van der Waals surface area contributed by atoms with Gasteiger partial charge in [0.15, 0.2) is 11.8 Å². The number of nitro groups is 1. The third kappa shape index (κ3) is 8.49. The van der Waals surface area contributed by atoms with Crippen LogP contribution in [0.15, 0.2) is 48.2 Å². The van der Waals surface area contributed by atoms with Gasteiger partial charge in [0, 0.05) is 72.7 Å². The van der Waals surface area contributed by atoms with Gasteiger partial charge in [-0.15, -0.1) is 0 Å². The zero-order valence-electron chi connectivity index (χ0n) is 29.6. The summed E-state index contributed by atoms with van der Waals surface area (Å²) in [4.78, 5) is 25.0. The van der Waals surface area contributed by atoms with Gasteiger partial charge in [0.2, 0.25) is 6.04 Å². The molecule has 0 bridgehead atoms. The lowest BCUT2D eigenvalue weighted by molar-refractivity contribution is -0.566. The molecule has 6 atom stereocenters. The van der Waals surface area contributed by atoms with Gasteiger partial charge in [-0.05, 0) is 64.4 Å². The molecule has 4 aliphatic rings. The number of hydrogen-bond donors (Lipinski definition) is 2. The summed E-state index contributed by atoms with van der Waals surface area (Å²) in [7, 11) is -4.10. The molecule has 0 radical (unpaired) electrons. The first-order valence-corrected chi connectivity index (χ1v) is 19.5. The minimum absolute atomic E-state index is 0.0839. The summed E-state index contributed by atoms with van der Waals surface area (Å²) in [5, 5.41) is 19.9. The third-order valence-electron chi connectivity index (χ3n) is 11.9. The SMILES string of the molecule is CCCCN1/C(=C/C=C/C=C/C=C/C2=[N+](CCCCCC(=O)O)C3CCC(S(=O)(=O)O)CC3C2(C)C)C(C)(C)C2CC([N+](=O)[O-])CCC21. The van der Waals surface area contributed by atoms with Crippen LogP contribution < -0.4 is 0 Å². The van der Waals surface area contributed by atoms with Crippen molar-refractivity contribution in [2.24, 2.45) is 22.7 Å². The fraction of sp³-hybridized carbons (Fsp3) is 0.730. The van der Waals surface area contributed by atoms with Crippen LogP contribution in [0.3, 0.4) is 0 Å². The predicted molar refractivity (Wildman–Crippen MR) is 189 cm³/mol. The molecule has 3 fully saturated rings. The van der Waals surface area contributed by atoms with Crippen LogP contribution in [-0.4, -0.2) is 80.6 Å². The highest BCUT2D eigenvalue weighted by Crippen LogP contribution is 2.54. The van der Waals surface area contributed by atoms with Crippen LogP contribution >= 0.6 is 0 Å². The molecule has 0 aromatic carbocycles. The molecule has 2 N–H and O–H groups in total. The van der Waals surface area contributed by atoms with E-state index in [1.165, 1.54) is 5.70 Å². The molecule has 2 aliphatic heterocycles. The summed E-state index contributed by atoms with van der Waals surface area (Å²) in [6.45, 7) is 12.8. The van der Waals surface area contributed by atoms with E-state index in [2.05, 4.69) is 62.3 Å². The van der Waals surface area contributed by atoms with Gasteiger partial charge in [-0.3, -0.25) is 19.5 Å². The summed E-state index contributed by atoms with van der Waals surface area (Å²) >= 11 is 0. The number of nitrogens with zero attached hydrogens (tertiary/aromatic N) is 3. The maximum atomic E-state index is 12.1. The second-order valence-corrected chi connectivity index (χ2v) is 17.2. The minimum Gasteiger partial charge on any atom is -0.481 e. The Balaban J connectivity index is 1.50. The van der Waals surface area contributed by atoms with Gasteiger partial charge in [0.1, 0.15) is 6.54 Å². The van der Waals surface area contributed by atoms with Crippen LogP contribution in [0.4, 0.5) is 0 Å². The number of hydrogen-bond acceptors (Lipinski definition) is 6. The standard InChI is InChI=1S/C37H57N3O7S/c1-6-7-23-38-31-21-19-27(40(43)44)25-29(31)36(2,3)33(38)16-12-9-8-10-13-17-34-37(4,5)30-26-28(48(45,46)47)20-22-32(30)39(34)24-15-11-14-18-35(41)42/h8-10,12-13,16-17,27-32H,6-7,11,14-15,18-26H2,1-5H3,(H-,41,42,45,46,47)/p+1. The molecular weight excluding hydrogens is 630 g/mol. The van der Waals surface area contributed by atoms with Crippen molar-refractivity contribution in [1.82, 2.24) is 4.90 Å². The van der Waals surface area contributed by atoms with Crippen LogP contribution in [0.25, 0.3) is 0 Å². The number of likely N-dealkylation sites (tertiary alicyclic amines) is 1. The fourth-order valence-corrected chi connectivity index (χ4v) is 10.1. The van der Waals surface area contributed by atoms with Gasteiger partial charge < -0.3 is 10.0 Å². The smallest absolute Gasteiger partial charge is 0.303 e. The Hall–Kier alpha value is -2.79. The molecule has 0 spiro atoms. The first-order valence-electron chi connectivity index (χ1n) is 18.0. The number of aliphatic carboxylic acids is 1. The van der Waals surface area contributed by atoms with Crippen molar-refractivity contribution in [2.75, 3.05) is 13.1 Å². The van der Waals surface area contributed by atoms with Gasteiger partial charge in [-0.25, -0.2) is 4.58 Å². The van der Waals surface area contributed by atoms with Crippen molar-refractivity contribution in [1.29, 1.82) is 0 Å². The van der Waals surface area contributed by atoms with Crippen molar-refractivity contribution >= 4 is 21.8 Å². The first kappa shape index (κ1) is 38.0. The molecule has 48 heavy (non-hydrogen) atoms. The van der Waals surface area contributed by atoms with E-state index in [-0.39, 0.29) is 40.1 Å². The Kier molecular flexibility index (Phi) is 12.5. The molecule has 0 aromatic rings. The zero-order valence-corrected chi connectivity index (χ0v) is 30.4. The van der Waals surface area contributed by atoms with Gasteiger partial charge in [0.25, 0.3) is 10.1 Å². The monoisotopic (exact) mass is 688 g/mol. The van der Waals surface area contributed by atoms with E-state index in [4.69, 9.17) is 5.11 Å². The summed E-state index contributed by atoms with van der Waals surface area (Å²) in [6, 6.07) is 0.0819. The average molecular weight is 689 g/mol. The van der Waals surface area contributed by atoms with Gasteiger partial charge in [-0.1, -0.05) is 57.6 Å². The average Bonchev–Trinajstić information content (AvgIpc) is 3.36. The van der Waals surface area contributed by atoms with Crippen molar-refractivity contribution < 1.29 is 32.4 Å². The highest BCUT2D eigenvalue weighted by Gasteiger charge is 2.57. The van der Waals surface area contributed by atoms with E-state index in [1.54, 1.807) is 0 Å².